The van der Waals surface area contributed by atoms with Crippen LogP contribution >= 0.6 is 0 Å². The van der Waals surface area contributed by atoms with Crippen molar-refractivity contribution in [1.82, 2.24) is 44.5 Å². The monoisotopic (exact) mass is 595 g/mol. The lowest BCUT2D eigenvalue weighted by molar-refractivity contribution is -0.131. The number of ether oxygens (including phenoxy) is 1. The van der Waals surface area contributed by atoms with Crippen molar-refractivity contribution in [2.45, 2.75) is 32.5 Å². The molecule has 224 valence electrons. The van der Waals surface area contributed by atoms with E-state index in [2.05, 4.69) is 25.4 Å². The zero-order valence-corrected chi connectivity index (χ0v) is 24.3. The Balaban J connectivity index is 1.25. The Morgan fingerprint density at radius 1 is 1.07 bits per heavy atom. The fraction of sp³-hybridized carbons (Fsp3) is 0.290. The molecule has 0 radical (unpaired) electrons. The second kappa shape index (κ2) is 11.1. The van der Waals surface area contributed by atoms with Gasteiger partial charge in [-0.15, -0.1) is 5.10 Å². The Kier molecular flexibility index (Phi) is 6.91. The molecule has 4 aromatic heterocycles. The van der Waals surface area contributed by atoms with Crippen molar-refractivity contribution in [3.63, 3.8) is 0 Å². The van der Waals surface area contributed by atoms with Gasteiger partial charge in [0, 0.05) is 73.8 Å². The Hall–Kier alpha value is -5.33. The highest BCUT2D eigenvalue weighted by molar-refractivity contribution is 6.05. The van der Waals surface area contributed by atoms with Gasteiger partial charge in [0.1, 0.15) is 11.4 Å². The molecular weight excluding hydrogens is 565 g/mol. The number of methoxy groups -OCH3 is 1. The third-order valence-electron chi connectivity index (χ3n) is 8.39. The highest BCUT2D eigenvalue weighted by Crippen LogP contribution is 2.40. The molecule has 5 aromatic rings. The molecule has 6 heterocycles. The van der Waals surface area contributed by atoms with Crippen molar-refractivity contribution in [2.75, 3.05) is 20.2 Å². The van der Waals surface area contributed by atoms with Crippen LogP contribution in [0, 0.1) is 5.82 Å². The molecule has 0 unspecified atom stereocenters. The number of carbonyl (C=O) groups excluding carboxylic acids is 2. The minimum absolute atomic E-state index is 0.0451. The SMILES string of the molecule is COc1ccncc1-c1cc(C2=CCCN(C(=O)CCn3ccnn3)C2)c(F)c2[nH]c(C(=O)N3Cc4cnn(C)c4C3)cc12. The summed E-state index contributed by atoms with van der Waals surface area (Å²) >= 11 is 0. The lowest BCUT2D eigenvalue weighted by Crippen LogP contribution is -2.36. The Morgan fingerprint density at radius 3 is 2.75 bits per heavy atom. The van der Waals surface area contributed by atoms with E-state index in [1.54, 1.807) is 75.5 Å². The van der Waals surface area contributed by atoms with Crippen LogP contribution in [0.15, 0.2) is 55.3 Å². The van der Waals surface area contributed by atoms with Crippen molar-refractivity contribution in [3.05, 3.63) is 83.6 Å². The number of aryl methyl sites for hydroxylation is 2. The van der Waals surface area contributed by atoms with Crippen LogP contribution < -0.4 is 4.74 Å². The van der Waals surface area contributed by atoms with Crippen LogP contribution in [0.2, 0.25) is 0 Å². The Morgan fingerprint density at radius 2 is 1.95 bits per heavy atom. The number of amides is 2. The van der Waals surface area contributed by atoms with Crippen LogP contribution in [0.4, 0.5) is 4.39 Å². The maximum absolute atomic E-state index is 16.5. The number of hydrogen-bond acceptors (Lipinski definition) is 7. The first kappa shape index (κ1) is 27.5. The van der Waals surface area contributed by atoms with E-state index in [9.17, 15) is 9.59 Å². The molecule has 0 fully saturated rings. The molecule has 2 aliphatic heterocycles. The summed E-state index contributed by atoms with van der Waals surface area (Å²) in [6.07, 6.45) is 11.2. The van der Waals surface area contributed by atoms with Crippen molar-refractivity contribution < 1.29 is 18.7 Å². The van der Waals surface area contributed by atoms with E-state index in [0.717, 1.165) is 11.3 Å². The Labute approximate surface area is 251 Å². The van der Waals surface area contributed by atoms with Gasteiger partial charge < -0.3 is 19.5 Å². The fourth-order valence-electron chi connectivity index (χ4n) is 6.07. The van der Waals surface area contributed by atoms with E-state index in [4.69, 9.17) is 4.74 Å². The van der Waals surface area contributed by atoms with Crippen LogP contribution in [-0.4, -0.2) is 76.6 Å². The highest BCUT2D eigenvalue weighted by atomic mass is 19.1. The van der Waals surface area contributed by atoms with Crippen LogP contribution in [0.3, 0.4) is 0 Å². The molecule has 44 heavy (non-hydrogen) atoms. The molecule has 0 aliphatic carbocycles. The first-order chi connectivity index (χ1) is 21.4. The zero-order chi connectivity index (χ0) is 30.4. The largest absolute Gasteiger partial charge is 0.496 e. The van der Waals surface area contributed by atoms with Crippen molar-refractivity contribution in [2.24, 2.45) is 7.05 Å². The number of halogens is 1. The number of carbonyl (C=O) groups is 2. The minimum atomic E-state index is -0.484. The molecule has 0 bridgehead atoms. The molecule has 1 N–H and O–H groups in total. The number of aromatic nitrogens is 7. The van der Waals surface area contributed by atoms with Crippen LogP contribution in [-0.2, 0) is 31.5 Å². The third kappa shape index (κ3) is 4.79. The third-order valence-corrected chi connectivity index (χ3v) is 8.39. The average Bonchev–Trinajstić information content (AvgIpc) is 3.86. The number of fused-ring (bicyclic) bond motifs is 2. The molecule has 13 heteroatoms. The molecule has 7 rings (SSSR count). The fourth-order valence-corrected chi connectivity index (χ4v) is 6.07. The van der Waals surface area contributed by atoms with E-state index in [1.165, 1.54) is 0 Å². The summed E-state index contributed by atoms with van der Waals surface area (Å²) in [6, 6.07) is 5.21. The zero-order valence-electron chi connectivity index (χ0n) is 24.3. The summed E-state index contributed by atoms with van der Waals surface area (Å²) in [5.74, 6) is -0.194. The van der Waals surface area contributed by atoms with E-state index >= 15 is 4.39 Å². The van der Waals surface area contributed by atoms with E-state index in [-0.39, 0.29) is 36.0 Å². The number of nitrogens with zero attached hydrogens (tertiary/aromatic N) is 8. The molecule has 2 aliphatic rings. The summed E-state index contributed by atoms with van der Waals surface area (Å²) in [7, 11) is 3.42. The maximum Gasteiger partial charge on any atom is 0.270 e. The number of rotatable bonds is 7. The highest BCUT2D eigenvalue weighted by Gasteiger charge is 2.30. The van der Waals surface area contributed by atoms with Gasteiger partial charge in [-0.25, -0.2) is 4.39 Å². The maximum atomic E-state index is 16.5. The smallest absolute Gasteiger partial charge is 0.270 e. The molecule has 0 spiro atoms. The van der Waals surface area contributed by atoms with E-state index < -0.39 is 5.82 Å². The summed E-state index contributed by atoms with van der Waals surface area (Å²) in [5.41, 5.74) is 4.84. The quantitative estimate of drug-likeness (QED) is 0.305. The van der Waals surface area contributed by atoms with Gasteiger partial charge in [0.2, 0.25) is 5.91 Å². The van der Waals surface area contributed by atoms with Gasteiger partial charge in [0.05, 0.1) is 43.8 Å². The number of aromatic amines is 1. The first-order valence-corrected chi connectivity index (χ1v) is 14.3. The predicted molar refractivity (Wildman–Crippen MR) is 159 cm³/mol. The summed E-state index contributed by atoms with van der Waals surface area (Å²) in [6.45, 7) is 2.07. The topological polar surface area (TPSA) is 127 Å². The van der Waals surface area contributed by atoms with Gasteiger partial charge in [0.25, 0.3) is 5.91 Å². The van der Waals surface area contributed by atoms with Gasteiger partial charge in [-0.1, -0.05) is 11.3 Å². The lowest BCUT2D eigenvalue weighted by atomic mass is 9.93. The van der Waals surface area contributed by atoms with E-state index in [1.807, 2.05) is 13.1 Å². The van der Waals surface area contributed by atoms with Gasteiger partial charge in [-0.2, -0.15) is 5.10 Å². The second-order valence-corrected chi connectivity index (χ2v) is 11.0. The van der Waals surface area contributed by atoms with Crippen LogP contribution in [0.5, 0.6) is 5.75 Å². The van der Waals surface area contributed by atoms with Gasteiger partial charge in [-0.3, -0.25) is 23.9 Å². The predicted octanol–water partition coefficient (Wildman–Crippen LogP) is 3.56. The van der Waals surface area contributed by atoms with Gasteiger partial charge in [0.15, 0.2) is 5.82 Å². The molecule has 12 nitrogen and oxygen atoms in total. The van der Waals surface area contributed by atoms with Gasteiger partial charge in [-0.05, 0) is 35.8 Å². The molecule has 1 aromatic carbocycles. The second-order valence-electron chi connectivity index (χ2n) is 11.0. The molecule has 0 saturated carbocycles. The molecule has 2 amide bonds. The van der Waals surface area contributed by atoms with Crippen molar-refractivity contribution in [3.8, 4) is 16.9 Å². The summed E-state index contributed by atoms with van der Waals surface area (Å²) in [5, 5.41) is 12.5. The molecular formula is C31H30FN9O3. The van der Waals surface area contributed by atoms with Gasteiger partial charge >= 0.3 is 0 Å². The van der Waals surface area contributed by atoms with Crippen molar-refractivity contribution in [1.29, 1.82) is 0 Å². The number of nitrogens with one attached hydrogen (secondary N) is 1. The first-order valence-electron chi connectivity index (χ1n) is 14.3. The number of H-pyrrole nitrogens is 1. The molecule has 0 atom stereocenters. The summed E-state index contributed by atoms with van der Waals surface area (Å²) in [4.78, 5) is 37.6. The summed E-state index contributed by atoms with van der Waals surface area (Å²) < 4.78 is 25.5. The normalized spacial score (nSPS) is 14.7. The van der Waals surface area contributed by atoms with Crippen LogP contribution in [0.1, 0.15) is 40.2 Å². The minimum Gasteiger partial charge on any atom is -0.496 e. The Bertz CT molecular complexity index is 1920. The molecule has 0 saturated heterocycles. The van der Waals surface area contributed by atoms with Crippen molar-refractivity contribution >= 4 is 28.3 Å². The standard InChI is InChI=1S/C31H30FN9O3/c1-38-26-18-40(17-20(26)14-35-38)31(43)25-13-23-22(24-15-33-7-5-27(24)44-2)12-21(29(32)30(23)36-25)19-4-3-9-39(16-19)28(42)6-10-41-11-8-34-37-41/h4-5,7-8,11-15,36H,3,6,9-10,16-18H2,1-2H3. The van der Waals surface area contributed by atoms with Crippen LogP contribution in [0.25, 0.3) is 27.6 Å². The number of pyridine rings is 1. The lowest BCUT2D eigenvalue weighted by Gasteiger charge is -2.28. The van der Waals surface area contributed by atoms with E-state index in [0.29, 0.717) is 66.0 Å². The number of benzene rings is 1. The average molecular weight is 596 g/mol. The number of hydrogen-bond donors (Lipinski definition) is 1.